The van der Waals surface area contributed by atoms with Crippen LogP contribution in [0.1, 0.15) is 40.7 Å². The molecule has 0 aliphatic carbocycles. The van der Waals surface area contributed by atoms with E-state index in [4.69, 9.17) is 10.7 Å². The molecule has 2 heterocycles. The van der Waals surface area contributed by atoms with Crippen molar-refractivity contribution in [2.45, 2.75) is 32.2 Å². The predicted molar refractivity (Wildman–Crippen MR) is 136 cm³/mol. The van der Waals surface area contributed by atoms with E-state index in [0.29, 0.717) is 29.3 Å². The fourth-order valence-corrected chi connectivity index (χ4v) is 4.03. The molecule has 2 atom stereocenters. The van der Waals surface area contributed by atoms with Crippen molar-refractivity contribution >= 4 is 29.4 Å². The highest BCUT2D eigenvalue weighted by atomic mass is 16.1. The number of carbonyl (C=O) groups excluding carboxylic acids is 1. The highest BCUT2D eigenvalue weighted by Gasteiger charge is 2.19. The number of aromatic nitrogens is 3. The molecule has 3 aromatic rings. The van der Waals surface area contributed by atoms with Crippen molar-refractivity contribution in [3.63, 3.8) is 0 Å². The quantitative estimate of drug-likeness (QED) is 0.384. The summed E-state index contributed by atoms with van der Waals surface area (Å²) in [6, 6.07) is 15.9. The Bertz CT molecular complexity index is 1130. The minimum Gasteiger partial charge on any atom is -0.366 e. The lowest BCUT2D eigenvalue weighted by atomic mass is 10.0. The highest BCUT2D eigenvalue weighted by molar-refractivity contribution is 5.94. The number of nitrogens with zero attached hydrogens (tertiary/aromatic N) is 4. The number of benzene rings is 2. The number of anilines is 4. The molecular weight excluding hydrogens is 428 g/mol. The number of amides is 1. The van der Waals surface area contributed by atoms with Crippen LogP contribution in [0.15, 0.2) is 48.5 Å². The standard InChI is InChI=1S/C25H32N8O/c1-16-9-10-19(22(26)34)13-21(16)29-24-30-23(28-20-11-12-27-14-20)31-25(32-24)33(3)15-17(2)18-7-5-4-6-8-18/h4-10,13,17,20,27H,11-12,14-15H2,1-3H3,(H2,26,34)(H2,28,29,30,31,32)/t17-,20-/m0/s1. The number of aryl methyl sites for hydroxylation is 1. The summed E-state index contributed by atoms with van der Waals surface area (Å²) in [5.74, 6) is 1.30. The number of hydrogen-bond acceptors (Lipinski definition) is 8. The van der Waals surface area contributed by atoms with Crippen LogP contribution >= 0.6 is 0 Å². The zero-order valence-corrected chi connectivity index (χ0v) is 19.9. The van der Waals surface area contributed by atoms with Crippen molar-refractivity contribution in [3.8, 4) is 0 Å². The second kappa shape index (κ2) is 10.5. The van der Waals surface area contributed by atoms with E-state index in [1.807, 2.05) is 31.0 Å². The Balaban J connectivity index is 1.61. The molecule has 5 N–H and O–H groups in total. The number of likely N-dealkylation sites (N-methyl/N-ethyl adjacent to an activating group) is 1. The lowest BCUT2D eigenvalue weighted by Gasteiger charge is -2.23. The number of primary amides is 1. The van der Waals surface area contributed by atoms with Crippen LogP contribution in [-0.2, 0) is 0 Å². The van der Waals surface area contributed by atoms with Gasteiger partial charge in [-0.2, -0.15) is 15.0 Å². The maximum absolute atomic E-state index is 11.7. The molecule has 34 heavy (non-hydrogen) atoms. The predicted octanol–water partition coefficient (Wildman–Crippen LogP) is 3.04. The zero-order valence-electron chi connectivity index (χ0n) is 19.9. The van der Waals surface area contributed by atoms with Gasteiger partial charge in [0.1, 0.15) is 0 Å². The average Bonchev–Trinajstić information content (AvgIpc) is 3.33. The molecule has 0 unspecified atom stereocenters. The van der Waals surface area contributed by atoms with Gasteiger partial charge in [0.25, 0.3) is 0 Å². The van der Waals surface area contributed by atoms with Gasteiger partial charge in [0.15, 0.2) is 0 Å². The van der Waals surface area contributed by atoms with Gasteiger partial charge in [0.05, 0.1) is 0 Å². The van der Waals surface area contributed by atoms with E-state index >= 15 is 0 Å². The van der Waals surface area contributed by atoms with Crippen LogP contribution in [-0.4, -0.2) is 53.6 Å². The Morgan fingerprint density at radius 3 is 2.65 bits per heavy atom. The molecule has 1 aliphatic rings. The molecule has 4 rings (SSSR count). The third-order valence-corrected chi connectivity index (χ3v) is 6.04. The maximum atomic E-state index is 11.7. The summed E-state index contributed by atoms with van der Waals surface area (Å²) in [5.41, 5.74) is 8.83. The number of nitrogens with one attached hydrogen (secondary N) is 3. The molecule has 0 bridgehead atoms. The summed E-state index contributed by atoms with van der Waals surface area (Å²) in [7, 11) is 1.98. The van der Waals surface area contributed by atoms with E-state index in [2.05, 4.69) is 57.1 Å². The van der Waals surface area contributed by atoms with Crippen LogP contribution in [0.3, 0.4) is 0 Å². The van der Waals surface area contributed by atoms with E-state index in [1.165, 1.54) is 5.56 Å². The summed E-state index contributed by atoms with van der Waals surface area (Å²) in [6.07, 6.45) is 1.00. The van der Waals surface area contributed by atoms with Gasteiger partial charge in [-0.3, -0.25) is 4.79 Å². The monoisotopic (exact) mass is 460 g/mol. The molecule has 1 fully saturated rings. The summed E-state index contributed by atoms with van der Waals surface area (Å²) < 4.78 is 0. The van der Waals surface area contributed by atoms with Crippen LogP contribution < -0.4 is 26.6 Å². The van der Waals surface area contributed by atoms with Crippen molar-refractivity contribution in [2.75, 3.05) is 42.2 Å². The fraction of sp³-hybridized carbons (Fsp3) is 0.360. The minimum absolute atomic E-state index is 0.261. The van der Waals surface area contributed by atoms with Crippen LogP contribution in [0.5, 0.6) is 0 Å². The minimum atomic E-state index is -0.481. The van der Waals surface area contributed by atoms with Gasteiger partial charge in [-0.1, -0.05) is 43.3 Å². The molecule has 1 aliphatic heterocycles. The SMILES string of the molecule is Cc1ccc(C(N)=O)cc1Nc1nc(N[C@H]2CCNC2)nc(N(C)C[C@H](C)c2ccccc2)n1. The molecule has 9 nitrogen and oxygen atoms in total. The van der Waals surface area contributed by atoms with Crippen molar-refractivity contribution in [3.05, 3.63) is 65.2 Å². The number of hydrogen-bond donors (Lipinski definition) is 4. The summed E-state index contributed by atoms with van der Waals surface area (Å²) in [6.45, 7) is 6.72. The first-order valence-electron chi connectivity index (χ1n) is 11.6. The van der Waals surface area contributed by atoms with Gasteiger partial charge in [-0.25, -0.2) is 0 Å². The second-order valence-corrected chi connectivity index (χ2v) is 8.83. The molecule has 0 spiro atoms. The summed E-state index contributed by atoms with van der Waals surface area (Å²) in [4.78, 5) is 27.7. The molecule has 2 aromatic carbocycles. The molecule has 1 amide bonds. The van der Waals surface area contributed by atoms with Crippen LogP contribution in [0.2, 0.25) is 0 Å². The van der Waals surface area contributed by atoms with E-state index < -0.39 is 5.91 Å². The lowest BCUT2D eigenvalue weighted by molar-refractivity contribution is 0.100. The Hall–Kier alpha value is -3.72. The van der Waals surface area contributed by atoms with Crippen molar-refractivity contribution in [2.24, 2.45) is 5.73 Å². The van der Waals surface area contributed by atoms with Crippen molar-refractivity contribution in [1.82, 2.24) is 20.3 Å². The Morgan fingerprint density at radius 2 is 1.94 bits per heavy atom. The van der Waals surface area contributed by atoms with Crippen molar-refractivity contribution < 1.29 is 4.79 Å². The fourth-order valence-electron chi connectivity index (χ4n) is 4.03. The molecule has 1 saturated heterocycles. The first-order chi connectivity index (χ1) is 16.4. The van der Waals surface area contributed by atoms with Crippen LogP contribution in [0.4, 0.5) is 23.5 Å². The van der Waals surface area contributed by atoms with E-state index in [9.17, 15) is 4.79 Å². The number of carbonyl (C=O) groups is 1. The van der Waals surface area contributed by atoms with Gasteiger partial charge < -0.3 is 26.6 Å². The second-order valence-electron chi connectivity index (χ2n) is 8.83. The van der Waals surface area contributed by atoms with E-state index in [0.717, 1.165) is 37.3 Å². The first-order valence-corrected chi connectivity index (χ1v) is 11.6. The number of rotatable bonds is 9. The molecule has 0 radical (unpaired) electrons. The van der Waals surface area contributed by atoms with Gasteiger partial charge in [0, 0.05) is 37.4 Å². The average molecular weight is 461 g/mol. The Labute approximate surface area is 200 Å². The van der Waals surface area contributed by atoms with Crippen LogP contribution in [0, 0.1) is 6.92 Å². The van der Waals surface area contributed by atoms with Gasteiger partial charge in [0.2, 0.25) is 23.8 Å². The van der Waals surface area contributed by atoms with Crippen LogP contribution in [0.25, 0.3) is 0 Å². The highest BCUT2D eigenvalue weighted by Crippen LogP contribution is 2.24. The normalized spacial score (nSPS) is 16.1. The topological polar surface area (TPSA) is 121 Å². The van der Waals surface area contributed by atoms with Gasteiger partial charge in [-0.15, -0.1) is 0 Å². The molecular formula is C25H32N8O. The molecule has 178 valence electrons. The van der Waals surface area contributed by atoms with E-state index in [-0.39, 0.29) is 6.04 Å². The molecule has 1 aromatic heterocycles. The third kappa shape index (κ3) is 5.79. The summed E-state index contributed by atoms with van der Waals surface area (Å²) in [5, 5.41) is 10.0. The zero-order chi connectivity index (χ0) is 24.1. The van der Waals surface area contributed by atoms with Gasteiger partial charge in [-0.05, 0) is 49.1 Å². The van der Waals surface area contributed by atoms with Crippen molar-refractivity contribution in [1.29, 1.82) is 0 Å². The molecule has 9 heteroatoms. The summed E-state index contributed by atoms with van der Waals surface area (Å²) >= 11 is 0. The lowest BCUT2D eigenvalue weighted by Crippen LogP contribution is -2.27. The third-order valence-electron chi connectivity index (χ3n) is 6.04. The first kappa shape index (κ1) is 23.4. The van der Waals surface area contributed by atoms with Gasteiger partial charge >= 0.3 is 0 Å². The number of nitrogens with two attached hydrogens (primary N) is 1. The smallest absolute Gasteiger partial charge is 0.248 e. The molecule has 0 saturated carbocycles. The Morgan fingerprint density at radius 1 is 1.18 bits per heavy atom. The van der Waals surface area contributed by atoms with E-state index in [1.54, 1.807) is 12.1 Å². The largest absolute Gasteiger partial charge is 0.366 e. The Kier molecular flexibility index (Phi) is 7.22. The maximum Gasteiger partial charge on any atom is 0.248 e.